The fraction of sp³-hybridized carbons (Fsp3) is 0.688. The standard InChI is InChI=1S/C16H21NO4S/c18-16(13-6-8-21-15(13)12-4-5-12)17-7-9-22(19,20)10-14(17)11-2-1-3-11/h6,8,11-12,14H,1-5,7,9-10H2. The number of carbonyl (C=O) groups is 1. The molecule has 2 aliphatic carbocycles. The van der Waals surface area contributed by atoms with Gasteiger partial charge in [-0.2, -0.15) is 0 Å². The van der Waals surface area contributed by atoms with Crippen LogP contribution in [0.2, 0.25) is 0 Å². The van der Waals surface area contributed by atoms with Crippen LogP contribution in [0.25, 0.3) is 0 Å². The highest BCUT2D eigenvalue weighted by Crippen LogP contribution is 2.43. The fourth-order valence-electron chi connectivity index (χ4n) is 3.62. The molecule has 1 amide bonds. The second-order valence-corrected chi connectivity index (χ2v) is 9.07. The normalized spacial score (nSPS) is 28.4. The summed E-state index contributed by atoms with van der Waals surface area (Å²) in [6.45, 7) is 0.317. The summed E-state index contributed by atoms with van der Waals surface area (Å²) in [6.07, 6.45) is 6.94. The van der Waals surface area contributed by atoms with E-state index >= 15 is 0 Å². The fourth-order valence-corrected chi connectivity index (χ4v) is 5.23. The first-order valence-electron chi connectivity index (χ1n) is 8.14. The van der Waals surface area contributed by atoms with Crippen molar-refractivity contribution >= 4 is 15.7 Å². The Morgan fingerprint density at radius 3 is 2.64 bits per heavy atom. The van der Waals surface area contributed by atoms with Crippen molar-refractivity contribution in [1.29, 1.82) is 0 Å². The predicted octanol–water partition coefficient (Wildman–Crippen LogP) is 2.20. The van der Waals surface area contributed by atoms with Crippen LogP contribution in [0.4, 0.5) is 0 Å². The molecular formula is C16H21NO4S. The zero-order chi connectivity index (χ0) is 15.3. The largest absolute Gasteiger partial charge is 0.468 e. The minimum Gasteiger partial charge on any atom is -0.468 e. The predicted molar refractivity (Wildman–Crippen MR) is 81.5 cm³/mol. The quantitative estimate of drug-likeness (QED) is 0.855. The van der Waals surface area contributed by atoms with Crippen molar-refractivity contribution in [3.63, 3.8) is 0 Å². The second-order valence-electron chi connectivity index (χ2n) is 6.84. The molecule has 120 valence electrons. The second kappa shape index (κ2) is 5.11. The number of carbonyl (C=O) groups excluding carboxylic acids is 1. The molecule has 3 fully saturated rings. The molecule has 1 unspecified atom stereocenters. The maximum Gasteiger partial charge on any atom is 0.257 e. The van der Waals surface area contributed by atoms with Crippen LogP contribution in [0, 0.1) is 5.92 Å². The van der Waals surface area contributed by atoms with Crippen LogP contribution in [0.3, 0.4) is 0 Å². The highest BCUT2D eigenvalue weighted by molar-refractivity contribution is 7.91. The molecular weight excluding hydrogens is 302 g/mol. The first-order chi connectivity index (χ1) is 10.6. The van der Waals surface area contributed by atoms with E-state index in [9.17, 15) is 13.2 Å². The first-order valence-corrected chi connectivity index (χ1v) is 9.96. The van der Waals surface area contributed by atoms with Crippen molar-refractivity contribution in [1.82, 2.24) is 4.90 Å². The van der Waals surface area contributed by atoms with E-state index < -0.39 is 9.84 Å². The summed E-state index contributed by atoms with van der Waals surface area (Å²) in [5.74, 6) is 1.69. The Bertz CT molecular complexity index is 685. The van der Waals surface area contributed by atoms with Gasteiger partial charge in [-0.05, 0) is 37.7 Å². The molecule has 0 aromatic carbocycles. The summed E-state index contributed by atoms with van der Waals surface area (Å²) >= 11 is 0. The lowest BCUT2D eigenvalue weighted by Gasteiger charge is -2.43. The van der Waals surface area contributed by atoms with Gasteiger partial charge in [0.2, 0.25) is 0 Å². The van der Waals surface area contributed by atoms with E-state index in [4.69, 9.17) is 4.42 Å². The Labute approximate surface area is 130 Å². The molecule has 0 radical (unpaired) electrons. The molecule has 5 nitrogen and oxygen atoms in total. The third kappa shape index (κ3) is 2.47. The van der Waals surface area contributed by atoms with Crippen LogP contribution in [0.1, 0.15) is 54.1 Å². The van der Waals surface area contributed by atoms with Gasteiger partial charge in [-0.25, -0.2) is 8.42 Å². The molecule has 0 N–H and O–H groups in total. The van der Waals surface area contributed by atoms with Gasteiger partial charge in [0, 0.05) is 18.5 Å². The Morgan fingerprint density at radius 2 is 2.00 bits per heavy atom. The van der Waals surface area contributed by atoms with Gasteiger partial charge >= 0.3 is 0 Å². The van der Waals surface area contributed by atoms with Gasteiger partial charge in [-0.3, -0.25) is 4.79 Å². The Morgan fingerprint density at radius 1 is 1.23 bits per heavy atom. The highest BCUT2D eigenvalue weighted by Gasteiger charge is 2.42. The van der Waals surface area contributed by atoms with Crippen LogP contribution >= 0.6 is 0 Å². The molecule has 2 saturated carbocycles. The number of hydrogen-bond acceptors (Lipinski definition) is 4. The maximum atomic E-state index is 13.0. The zero-order valence-electron chi connectivity index (χ0n) is 12.5. The molecule has 1 aromatic heterocycles. The molecule has 22 heavy (non-hydrogen) atoms. The van der Waals surface area contributed by atoms with Crippen LogP contribution in [0.15, 0.2) is 16.7 Å². The highest BCUT2D eigenvalue weighted by atomic mass is 32.2. The third-order valence-corrected chi connectivity index (χ3v) is 6.95. The van der Waals surface area contributed by atoms with Crippen LogP contribution < -0.4 is 0 Å². The summed E-state index contributed by atoms with van der Waals surface area (Å²) in [7, 11) is -3.02. The molecule has 3 aliphatic rings. The van der Waals surface area contributed by atoms with E-state index in [1.54, 1.807) is 12.3 Å². The number of rotatable bonds is 3. The molecule has 1 aromatic rings. The smallest absolute Gasteiger partial charge is 0.257 e. The maximum absolute atomic E-state index is 13.0. The average molecular weight is 323 g/mol. The summed E-state index contributed by atoms with van der Waals surface area (Å²) < 4.78 is 29.5. The number of furan rings is 1. The Hall–Kier alpha value is -1.30. The SMILES string of the molecule is O=C(c1ccoc1C1CC1)N1CCS(=O)(=O)CC1C1CCC1. The number of hydrogen-bond donors (Lipinski definition) is 0. The van der Waals surface area contributed by atoms with Crippen LogP contribution in [-0.2, 0) is 9.84 Å². The van der Waals surface area contributed by atoms with Crippen molar-refractivity contribution in [2.75, 3.05) is 18.1 Å². The molecule has 0 bridgehead atoms. The van der Waals surface area contributed by atoms with E-state index in [0.717, 1.165) is 37.9 Å². The Balaban J connectivity index is 1.61. The van der Waals surface area contributed by atoms with Crippen LogP contribution in [-0.4, -0.2) is 43.3 Å². The summed E-state index contributed by atoms with van der Waals surface area (Å²) in [4.78, 5) is 14.8. The van der Waals surface area contributed by atoms with Gasteiger partial charge in [-0.15, -0.1) is 0 Å². The zero-order valence-corrected chi connectivity index (χ0v) is 13.3. The number of sulfone groups is 1. The van der Waals surface area contributed by atoms with Gasteiger partial charge < -0.3 is 9.32 Å². The average Bonchev–Trinajstić information content (AvgIpc) is 3.13. The third-order valence-electron chi connectivity index (χ3n) is 5.30. The summed E-state index contributed by atoms with van der Waals surface area (Å²) in [6, 6.07) is 1.60. The first kappa shape index (κ1) is 14.3. The van der Waals surface area contributed by atoms with E-state index in [1.807, 2.05) is 4.90 Å². The number of amides is 1. The van der Waals surface area contributed by atoms with E-state index in [2.05, 4.69) is 0 Å². The topological polar surface area (TPSA) is 67.6 Å². The van der Waals surface area contributed by atoms with E-state index in [0.29, 0.717) is 23.9 Å². The molecule has 1 saturated heterocycles. The summed E-state index contributed by atoms with van der Waals surface area (Å²) in [5.41, 5.74) is 0.645. The van der Waals surface area contributed by atoms with Gasteiger partial charge in [0.15, 0.2) is 9.84 Å². The van der Waals surface area contributed by atoms with Crippen LogP contribution in [0.5, 0.6) is 0 Å². The van der Waals surface area contributed by atoms with Crippen molar-refractivity contribution in [2.45, 2.75) is 44.1 Å². The molecule has 1 atom stereocenters. The van der Waals surface area contributed by atoms with Crippen molar-refractivity contribution in [3.8, 4) is 0 Å². The molecule has 6 heteroatoms. The minimum absolute atomic E-state index is 0.0394. The minimum atomic E-state index is -3.02. The van der Waals surface area contributed by atoms with E-state index in [-0.39, 0.29) is 23.5 Å². The lowest BCUT2D eigenvalue weighted by atomic mass is 9.79. The van der Waals surface area contributed by atoms with Gasteiger partial charge in [0.1, 0.15) is 5.76 Å². The van der Waals surface area contributed by atoms with Gasteiger partial charge in [-0.1, -0.05) is 6.42 Å². The van der Waals surface area contributed by atoms with Gasteiger partial charge in [0.05, 0.1) is 23.3 Å². The van der Waals surface area contributed by atoms with Crippen molar-refractivity contribution < 1.29 is 17.6 Å². The lowest BCUT2D eigenvalue weighted by Crippen LogP contribution is -2.55. The monoisotopic (exact) mass is 323 g/mol. The molecule has 4 rings (SSSR count). The van der Waals surface area contributed by atoms with Crippen molar-refractivity contribution in [2.24, 2.45) is 5.92 Å². The number of nitrogens with zero attached hydrogens (tertiary/aromatic N) is 1. The molecule has 0 spiro atoms. The summed E-state index contributed by atoms with van der Waals surface area (Å²) in [5, 5.41) is 0. The molecule has 2 heterocycles. The van der Waals surface area contributed by atoms with E-state index in [1.165, 1.54) is 0 Å². The Kier molecular flexibility index (Phi) is 3.33. The lowest BCUT2D eigenvalue weighted by molar-refractivity contribution is 0.0561. The molecule has 1 aliphatic heterocycles. The van der Waals surface area contributed by atoms with Gasteiger partial charge in [0.25, 0.3) is 5.91 Å². The van der Waals surface area contributed by atoms with Crippen molar-refractivity contribution in [3.05, 3.63) is 23.7 Å².